The van der Waals surface area contributed by atoms with Gasteiger partial charge in [0.2, 0.25) is 15.9 Å². The number of nitrogens with one attached hydrogen (secondary N) is 1. The summed E-state index contributed by atoms with van der Waals surface area (Å²) in [6, 6.07) is 5.23. The topological polar surface area (TPSA) is 66.5 Å². The van der Waals surface area contributed by atoms with E-state index < -0.39 is 10.0 Å². The lowest BCUT2D eigenvalue weighted by atomic mass is 10.2. The molecule has 5 nitrogen and oxygen atoms in total. The minimum absolute atomic E-state index is 0.0624. The molecule has 1 rings (SSSR count). The third kappa shape index (κ3) is 5.49. The van der Waals surface area contributed by atoms with E-state index in [0.29, 0.717) is 10.7 Å². The largest absolute Gasteiger partial charge is 0.326 e. The van der Waals surface area contributed by atoms with Gasteiger partial charge >= 0.3 is 0 Å². The standard InChI is InChI=1S/C14H19ClN2O3S/c1-4-9-17(21(3,19)20)10-8-14(18)16-13-7-5-6-12(15)11(13)2/h4-7H,1,8-10H2,2-3H3,(H,16,18). The first-order valence-corrected chi connectivity index (χ1v) is 8.59. The molecule has 0 bridgehead atoms. The number of rotatable bonds is 7. The Morgan fingerprint density at radius 2 is 2.14 bits per heavy atom. The van der Waals surface area contributed by atoms with Gasteiger partial charge in [-0.1, -0.05) is 23.7 Å². The number of nitrogens with zero attached hydrogens (tertiary/aromatic N) is 1. The predicted molar refractivity (Wildman–Crippen MR) is 86.0 cm³/mol. The number of hydrogen-bond donors (Lipinski definition) is 1. The maximum Gasteiger partial charge on any atom is 0.225 e. The Morgan fingerprint density at radius 3 is 2.71 bits per heavy atom. The lowest BCUT2D eigenvalue weighted by Gasteiger charge is -2.18. The predicted octanol–water partition coefficient (Wildman–Crippen LogP) is 2.42. The maximum atomic E-state index is 11.9. The zero-order chi connectivity index (χ0) is 16.0. The Hall–Kier alpha value is -1.37. The van der Waals surface area contributed by atoms with Crippen LogP contribution in [-0.4, -0.2) is 38.0 Å². The monoisotopic (exact) mass is 330 g/mol. The molecule has 0 saturated carbocycles. The molecule has 1 aromatic rings. The molecule has 0 aliphatic rings. The fraction of sp³-hybridized carbons (Fsp3) is 0.357. The number of amides is 1. The van der Waals surface area contributed by atoms with Crippen LogP contribution in [0.25, 0.3) is 0 Å². The Morgan fingerprint density at radius 1 is 1.48 bits per heavy atom. The first kappa shape index (κ1) is 17.7. The lowest BCUT2D eigenvalue weighted by Crippen LogP contribution is -2.33. The SMILES string of the molecule is C=CCN(CCC(=O)Nc1cccc(Cl)c1C)S(C)(=O)=O. The van der Waals surface area contributed by atoms with Crippen molar-refractivity contribution in [2.24, 2.45) is 0 Å². The van der Waals surface area contributed by atoms with Crippen LogP contribution in [0.3, 0.4) is 0 Å². The van der Waals surface area contributed by atoms with Gasteiger partial charge < -0.3 is 5.32 Å². The zero-order valence-corrected chi connectivity index (χ0v) is 13.7. The summed E-state index contributed by atoms with van der Waals surface area (Å²) < 4.78 is 24.2. The van der Waals surface area contributed by atoms with Crippen LogP contribution in [0.15, 0.2) is 30.9 Å². The van der Waals surface area contributed by atoms with Gasteiger partial charge in [0.05, 0.1) is 6.26 Å². The fourth-order valence-electron chi connectivity index (χ4n) is 1.72. The smallest absolute Gasteiger partial charge is 0.225 e. The van der Waals surface area contributed by atoms with Crippen molar-refractivity contribution in [3.63, 3.8) is 0 Å². The Kier molecular flexibility index (Phi) is 6.39. The fourth-order valence-corrected chi connectivity index (χ4v) is 2.69. The van der Waals surface area contributed by atoms with Crippen molar-refractivity contribution in [1.29, 1.82) is 0 Å². The average Bonchev–Trinajstić information content (AvgIpc) is 2.38. The van der Waals surface area contributed by atoms with Crippen molar-refractivity contribution in [3.8, 4) is 0 Å². The van der Waals surface area contributed by atoms with E-state index in [-0.39, 0.29) is 25.4 Å². The van der Waals surface area contributed by atoms with Gasteiger partial charge in [-0.2, -0.15) is 4.31 Å². The maximum absolute atomic E-state index is 11.9. The van der Waals surface area contributed by atoms with Crippen LogP contribution >= 0.6 is 11.6 Å². The van der Waals surface area contributed by atoms with E-state index in [0.717, 1.165) is 11.8 Å². The van der Waals surface area contributed by atoms with Gasteiger partial charge in [0.1, 0.15) is 0 Å². The Bertz CT molecular complexity index is 629. The summed E-state index contributed by atoms with van der Waals surface area (Å²) in [5, 5.41) is 3.30. The molecule has 0 aliphatic carbocycles. The van der Waals surface area contributed by atoms with E-state index in [4.69, 9.17) is 11.6 Å². The second-order valence-corrected chi connectivity index (χ2v) is 7.01. The van der Waals surface area contributed by atoms with Gasteiger partial charge in [0.25, 0.3) is 0 Å². The number of carbonyl (C=O) groups is 1. The van der Waals surface area contributed by atoms with Crippen molar-refractivity contribution in [2.45, 2.75) is 13.3 Å². The molecule has 1 amide bonds. The van der Waals surface area contributed by atoms with E-state index >= 15 is 0 Å². The first-order valence-electron chi connectivity index (χ1n) is 6.36. The van der Waals surface area contributed by atoms with Crippen LogP contribution in [0.1, 0.15) is 12.0 Å². The highest BCUT2D eigenvalue weighted by Crippen LogP contribution is 2.22. The molecule has 0 saturated heterocycles. The van der Waals surface area contributed by atoms with Gasteiger partial charge in [-0.15, -0.1) is 6.58 Å². The number of anilines is 1. The molecular formula is C14H19ClN2O3S. The van der Waals surface area contributed by atoms with Crippen LogP contribution in [0.5, 0.6) is 0 Å². The van der Waals surface area contributed by atoms with Crippen LogP contribution in [-0.2, 0) is 14.8 Å². The third-order valence-corrected chi connectivity index (χ3v) is 4.61. The van der Waals surface area contributed by atoms with E-state index in [1.165, 1.54) is 10.4 Å². The molecule has 116 valence electrons. The van der Waals surface area contributed by atoms with Gasteiger partial charge in [-0.25, -0.2) is 8.42 Å². The summed E-state index contributed by atoms with van der Waals surface area (Å²) >= 11 is 5.98. The molecule has 0 aromatic heterocycles. The quantitative estimate of drug-likeness (QED) is 0.781. The number of hydrogen-bond acceptors (Lipinski definition) is 3. The summed E-state index contributed by atoms with van der Waals surface area (Å²) in [4.78, 5) is 11.9. The second-order valence-electron chi connectivity index (χ2n) is 4.62. The molecule has 1 N–H and O–H groups in total. The average molecular weight is 331 g/mol. The van der Waals surface area contributed by atoms with Crippen molar-refractivity contribution in [1.82, 2.24) is 4.31 Å². The molecule has 0 unspecified atom stereocenters. The Balaban J connectivity index is 2.65. The van der Waals surface area contributed by atoms with Gasteiger partial charge in [-0.3, -0.25) is 4.79 Å². The molecule has 21 heavy (non-hydrogen) atoms. The highest BCUT2D eigenvalue weighted by atomic mass is 35.5. The van der Waals surface area contributed by atoms with Crippen LogP contribution in [0, 0.1) is 6.92 Å². The van der Waals surface area contributed by atoms with Crippen molar-refractivity contribution in [2.75, 3.05) is 24.7 Å². The molecule has 0 radical (unpaired) electrons. The summed E-state index contributed by atoms with van der Waals surface area (Å²) in [6.45, 7) is 5.60. The van der Waals surface area contributed by atoms with Gasteiger partial charge in [-0.05, 0) is 24.6 Å². The normalized spacial score (nSPS) is 11.4. The molecule has 0 fully saturated rings. The number of halogens is 1. The van der Waals surface area contributed by atoms with Crippen molar-refractivity contribution >= 4 is 33.2 Å². The minimum atomic E-state index is -3.35. The van der Waals surface area contributed by atoms with Crippen molar-refractivity contribution in [3.05, 3.63) is 41.4 Å². The molecule has 0 spiro atoms. The second kappa shape index (κ2) is 7.59. The Labute approximate surface area is 130 Å². The van der Waals surface area contributed by atoms with E-state index in [9.17, 15) is 13.2 Å². The first-order chi connectivity index (χ1) is 9.75. The number of benzene rings is 1. The van der Waals surface area contributed by atoms with Crippen molar-refractivity contribution < 1.29 is 13.2 Å². The summed E-state index contributed by atoms with van der Waals surface area (Å²) in [6.07, 6.45) is 2.66. The molecule has 0 heterocycles. The minimum Gasteiger partial charge on any atom is -0.326 e. The zero-order valence-electron chi connectivity index (χ0n) is 12.1. The molecule has 0 atom stereocenters. The number of carbonyl (C=O) groups excluding carboxylic acids is 1. The molecule has 7 heteroatoms. The van der Waals surface area contributed by atoms with E-state index in [1.54, 1.807) is 25.1 Å². The highest BCUT2D eigenvalue weighted by molar-refractivity contribution is 7.88. The highest BCUT2D eigenvalue weighted by Gasteiger charge is 2.16. The van der Waals surface area contributed by atoms with Gasteiger partial charge in [0.15, 0.2) is 0 Å². The van der Waals surface area contributed by atoms with Crippen LogP contribution in [0.4, 0.5) is 5.69 Å². The van der Waals surface area contributed by atoms with Crippen LogP contribution in [0.2, 0.25) is 5.02 Å². The van der Waals surface area contributed by atoms with Crippen LogP contribution < -0.4 is 5.32 Å². The number of sulfonamides is 1. The molecular weight excluding hydrogens is 312 g/mol. The van der Waals surface area contributed by atoms with E-state index in [2.05, 4.69) is 11.9 Å². The van der Waals surface area contributed by atoms with Gasteiger partial charge in [0, 0.05) is 30.2 Å². The molecule has 1 aromatic carbocycles. The third-order valence-electron chi connectivity index (χ3n) is 2.93. The summed E-state index contributed by atoms with van der Waals surface area (Å²) in [5.74, 6) is -0.266. The lowest BCUT2D eigenvalue weighted by molar-refractivity contribution is -0.116. The molecule has 0 aliphatic heterocycles. The van der Waals surface area contributed by atoms with E-state index in [1.807, 2.05) is 0 Å². The summed E-state index contributed by atoms with van der Waals surface area (Å²) in [5.41, 5.74) is 1.40. The summed E-state index contributed by atoms with van der Waals surface area (Å²) in [7, 11) is -3.35.